The standard InChI is InChI=1S/C14H23N3O3S/c1-2-8-20-11-4-3-7-17(10-11)14-9-12(21(16,18)19)5-6-13(14)15/h5-6,9,11H,2-4,7-8,10,15H2,1H3,(H2,16,18,19). The number of piperidine rings is 1. The number of anilines is 2. The first-order valence-corrected chi connectivity index (χ1v) is 8.75. The maximum absolute atomic E-state index is 11.5. The first kappa shape index (κ1) is 16.1. The number of ether oxygens (including phenoxy) is 1. The van der Waals surface area contributed by atoms with E-state index in [2.05, 4.69) is 11.8 Å². The van der Waals surface area contributed by atoms with E-state index in [-0.39, 0.29) is 11.0 Å². The van der Waals surface area contributed by atoms with E-state index in [1.807, 2.05) is 0 Å². The number of nitrogens with two attached hydrogens (primary N) is 2. The SMILES string of the molecule is CCCOC1CCCN(c2cc(S(N)(=O)=O)ccc2N)C1. The van der Waals surface area contributed by atoms with Gasteiger partial charge in [-0.25, -0.2) is 13.6 Å². The van der Waals surface area contributed by atoms with Gasteiger partial charge in [0.05, 0.1) is 22.4 Å². The molecule has 0 aromatic heterocycles. The van der Waals surface area contributed by atoms with Gasteiger partial charge in [0, 0.05) is 19.7 Å². The van der Waals surface area contributed by atoms with Crippen LogP contribution in [0.3, 0.4) is 0 Å². The number of hydrogen-bond acceptors (Lipinski definition) is 5. The van der Waals surface area contributed by atoms with Gasteiger partial charge in [-0.05, 0) is 37.5 Å². The predicted molar refractivity (Wildman–Crippen MR) is 83.7 cm³/mol. The van der Waals surface area contributed by atoms with Gasteiger partial charge in [-0.2, -0.15) is 0 Å². The van der Waals surface area contributed by atoms with Crippen molar-refractivity contribution in [1.82, 2.24) is 0 Å². The van der Waals surface area contributed by atoms with Crippen LogP contribution < -0.4 is 15.8 Å². The van der Waals surface area contributed by atoms with E-state index in [4.69, 9.17) is 15.6 Å². The molecule has 4 N–H and O–H groups in total. The molecule has 0 bridgehead atoms. The van der Waals surface area contributed by atoms with Crippen LogP contribution >= 0.6 is 0 Å². The molecule has 1 saturated heterocycles. The van der Waals surface area contributed by atoms with Crippen LogP contribution in [-0.4, -0.2) is 34.2 Å². The van der Waals surface area contributed by atoms with Crippen molar-refractivity contribution in [3.8, 4) is 0 Å². The van der Waals surface area contributed by atoms with E-state index in [1.165, 1.54) is 6.07 Å². The second-order valence-electron chi connectivity index (χ2n) is 5.35. The highest BCUT2D eigenvalue weighted by atomic mass is 32.2. The zero-order valence-corrected chi connectivity index (χ0v) is 13.1. The summed E-state index contributed by atoms with van der Waals surface area (Å²) in [6, 6.07) is 4.57. The first-order chi connectivity index (χ1) is 9.91. The minimum Gasteiger partial charge on any atom is -0.397 e. The van der Waals surface area contributed by atoms with Gasteiger partial charge in [0.15, 0.2) is 0 Å². The van der Waals surface area contributed by atoms with E-state index >= 15 is 0 Å². The molecule has 21 heavy (non-hydrogen) atoms. The molecule has 7 heteroatoms. The Morgan fingerprint density at radius 1 is 1.43 bits per heavy atom. The second kappa shape index (κ2) is 6.64. The molecule has 118 valence electrons. The average Bonchev–Trinajstić information content (AvgIpc) is 2.44. The lowest BCUT2D eigenvalue weighted by molar-refractivity contribution is 0.0441. The molecule has 1 aliphatic rings. The molecule has 0 amide bonds. The summed E-state index contributed by atoms with van der Waals surface area (Å²) in [5.41, 5.74) is 7.26. The molecule has 1 aromatic rings. The van der Waals surface area contributed by atoms with Crippen molar-refractivity contribution in [3.05, 3.63) is 18.2 Å². The summed E-state index contributed by atoms with van der Waals surface area (Å²) in [5.74, 6) is 0. The van der Waals surface area contributed by atoms with Gasteiger partial charge in [-0.1, -0.05) is 6.92 Å². The lowest BCUT2D eigenvalue weighted by Crippen LogP contribution is -2.40. The first-order valence-electron chi connectivity index (χ1n) is 7.20. The number of rotatable bonds is 5. The molecular weight excluding hydrogens is 290 g/mol. The molecule has 1 heterocycles. The Hall–Kier alpha value is -1.31. The summed E-state index contributed by atoms with van der Waals surface area (Å²) in [5, 5.41) is 5.19. The third-order valence-corrected chi connectivity index (χ3v) is 4.52. The molecule has 1 fully saturated rings. The zero-order chi connectivity index (χ0) is 15.5. The molecule has 0 spiro atoms. The molecule has 0 saturated carbocycles. The summed E-state index contributed by atoms with van der Waals surface area (Å²) in [6.45, 7) is 4.38. The Morgan fingerprint density at radius 2 is 2.19 bits per heavy atom. The minimum absolute atomic E-state index is 0.0864. The Labute approximate surface area is 126 Å². The second-order valence-corrected chi connectivity index (χ2v) is 6.91. The van der Waals surface area contributed by atoms with Crippen LogP contribution in [0.5, 0.6) is 0 Å². The molecule has 1 aromatic carbocycles. The van der Waals surface area contributed by atoms with Crippen molar-refractivity contribution in [2.24, 2.45) is 5.14 Å². The summed E-state index contributed by atoms with van der Waals surface area (Å²) in [6.07, 6.45) is 3.16. The van der Waals surface area contributed by atoms with E-state index in [0.29, 0.717) is 11.4 Å². The van der Waals surface area contributed by atoms with Gasteiger partial charge in [0.2, 0.25) is 10.0 Å². The average molecular weight is 313 g/mol. The Balaban J connectivity index is 2.20. The Morgan fingerprint density at radius 3 is 2.86 bits per heavy atom. The molecule has 0 radical (unpaired) electrons. The number of sulfonamides is 1. The van der Waals surface area contributed by atoms with Crippen LogP contribution in [0.4, 0.5) is 11.4 Å². The third kappa shape index (κ3) is 4.09. The Bertz CT molecular complexity index is 589. The highest BCUT2D eigenvalue weighted by Gasteiger charge is 2.23. The fourth-order valence-corrected chi connectivity index (χ4v) is 3.09. The van der Waals surface area contributed by atoms with Gasteiger partial charge in [-0.15, -0.1) is 0 Å². The molecule has 1 aliphatic heterocycles. The van der Waals surface area contributed by atoms with Gasteiger partial charge in [0.1, 0.15) is 0 Å². The molecule has 6 nitrogen and oxygen atoms in total. The lowest BCUT2D eigenvalue weighted by Gasteiger charge is -2.35. The number of hydrogen-bond donors (Lipinski definition) is 2. The molecule has 0 aliphatic carbocycles. The van der Waals surface area contributed by atoms with Crippen molar-refractivity contribution in [3.63, 3.8) is 0 Å². The highest BCUT2D eigenvalue weighted by molar-refractivity contribution is 7.89. The maximum Gasteiger partial charge on any atom is 0.238 e. The summed E-state index contributed by atoms with van der Waals surface area (Å²) in [7, 11) is -3.72. The monoisotopic (exact) mass is 313 g/mol. The van der Waals surface area contributed by atoms with Crippen LogP contribution in [0, 0.1) is 0 Å². The smallest absolute Gasteiger partial charge is 0.238 e. The summed E-state index contributed by atoms with van der Waals surface area (Å²) in [4.78, 5) is 2.16. The van der Waals surface area contributed by atoms with Crippen LogP contribution in [0.2, 0.25) is 0 Å². The quantitative estimate of drug-likeness (QED) is 0.799. The van der Waals surface area contributed by atoms with Crippen molar-refractivity contribution in [2.45, 2.75) is 37.2 Å². The molecule has 2 rings (SSSR count). The van der Waals surface area contributed by atoms with Gasteiger partial charge in [0.25, 0.3) is 0 Å². The third-order valence-electron chi connectivity index (χ3n) is 3.61. The van der Waals surface area contributed by atoms with E-state index in [9.17, 15) is 8.42 Å². The van der Waals surface area contributed by atoms with Crippen molar-refractivity contribution in [2.75, 3.05) is 30.3 Å². The van der Waals surface area contributed by atoms with Crippen molar-refractivity contribution in [1.29, 1.82) is 0 Å². The highest BCUT2D eigenvalue weighted by Crippen LogP contribution is 2.29. The molecule has 1 atom stereocenters. The maximum atomic E-state index is 11.5. The summed E-state index contributed by atoms with van der Waals surface area (Å²) < 4.78 is 28.8. The van der Waals surface area contributed by atoms with E-state index in [1.54, 1.807) is 12.1 Å². The minimum atomic E-state index is -3.72. The predicted octanol–water partition coefficient (Wildman–Crippen LogP) is 1.31. The fourth-order valence-electron chi connectivity index (χ4n) is 2.55. The number of primary sulfonamides is 1. The Kier molecular flexibility index (Phi) is 5.08. The van der Waals surface area contributed by atoms with Crippen molar-refractivity contribution >= 4 is 21.4 Å². The molecular formula is C14H23N3O3S. The van der Waals surface area contributed by atoms with E-state index in [0.717, 1.165) is 39.0 Å². The summed E-state index contributed by atoms with van der Waals surface area (Å²) >= 11 is 0. The molecule has 1 unspecified atom stereocenters. The fraction of sp³-hybridized carbons (Fsp3) is 0.571. The van der Waals surface area contributed by atoms with Crippen LogP contribution in [0.25, 0.3) is 0 Å². The number of nitrogens with zero attached hydrogens (tertiary/aromatic N) is 1. The lowest BCUT2D eigenvalue weighted by atomic mass is 10.1. The normalized spacial score (nSPS) is 19.7. The van der Waals surface area contributed by atoms with Gasteiger partial charge >= 0.3 is 0 Å². The van der Waals surface area contributed by atoms with E-state index < -0.39 is 10.0 Å². The van der Waals surface area contributed by atoms with Crippen molar-refractivity contribution < 1.29 is 13.2 Å². The topological polar surface area (TPSA) is 98.6 Å². The van der Waals surface area contributed by atoms with Gasteiger partial charge < -0.3 is 15.4 Å². The number of benzene rings is 1. The van der Waals surface area contributed by atoms with Crippen LogP contribution in [-0.2, 0) is 14.8 Å². The largest absolute Gasteiger partial charge is 0.397 e. The zero-order valence-electron chi connectivity index (χ0n) is 12.3. The number of nitrogen functional groups attached to an aromatic ring is 1. The van der Waals surface area contributed by atoms with Gasteiger partial charge in [-0.3, -0.25) is 0 Å². The van der Waals surface area contributed by atoms with Crippen LogP contribution in [0.1, 0.15) is 26.2 Å². The van der Waals surface area contributed by atoms with Crippen LogP contribution in [0.15, 0.2) is 23.1 Å².